The molecule has 0 aliphatic carbocycles. The number of aliphatic carboxylic acids is 2. The highest BCUT2D eigenvalue weighted by Crippen LogP contribution is 2.02. The molecule has 2 atom stereocenters. The molecular weight excluding hydrogens is 196 g/mol. The maximum Gasteiger partial charge on any atom is 0.332 e. The quantitative estimate of drug-likeness (QED) is 0.506. The van der Waals surface area contributed by atoms with Crippen LogP contribution in [0.15, 0.2) is 0 Å². The molecule has 0 aromatic carbocycles. The van der Waals surface area contributed by atoms with Crippen LogP contribution >= 0.6 is 0 Å². The van der Waals surface area contributed by atoms with Gasteiger partial charge in [0.25, 0.3) is 0 Å². The number of nitrogens with two attached hydrogens (primary N) is 1. The summed E-state index contributed by atoms with van der Waals surface area (Å²) in [7, 11) is 0. The van der Waals surface area contributed by atoms with Crippen molar-refractivity contribution >= 4 is 11.9 Å². The van der Waals surface area contributed by atoms with E-state index in [1.807, 2.05) is 0 Å². The number of ether oxygens (including phenoxy) is 1. The summed E-state index contributed by atoms with van der Waals surface area (Å²) < 4.78 is 16.2. The molecule has 0 aromatic rings. The van der Waals surface area contributed by atoms with Crippen LogP contribution in [-0.4, -0.2) is 47.6 Å². The lowest BCUT2D eigenvalue weighted by molar-refractivity contribution is -0.152. The number of hydrogen-bond donors (Lipinski definition) is 3. The van der Waals surface area contributed by atoms with Gasteiger partial charge in [-0.15, -0.1) is 0 Å². The Kier molecular flexibility index (Phi) is 5.73. The van der Waals surface area contributed by atoms with Crippen molar-refractivity contribution in [1.82, 2.24) is 0 Å². The Hall–Kier alpha value is -1.21. The normalized spacial score (nSPS) is 14.7. The van der Waals surface area contributed by atoms with Crippen molar-refractivity contribution in [3.05, 3.63) is 0 Å². The van der Waals surface area contributed by atoms with Gasteiger partial charge < -0.3 is 20.7 Å². The molecule has 0 aliphatic heterocycles. The maximum absolute atomic E-state index is 11.6. The molecule has 4 N–H and O–H groups in total. The Bertz CT molecular complexity index is 210. The lowest BCUT2D eigenvalue weighted by atomic mass is 10.1. The van der Waals surface area contributed by atoms with Crippen LogP contribution in [0.25, 0.3) is 0 Å². The monoisotopic (exact) mass is 208 g/mol. The van der Waals surface area contributed by atoms with E-state index in [1.54, 1.807) is 0 Å². The Labute approximate surface area is 79.5 Å². The van der Waals surface area contributed by atoms with Gasteiger partial charge in [-0.3, -0.25) is 4.79 Å². The van der Waals surface area contributed by atoms with Gasteiger partial charge in [0.15, 0.2) is 6.10 Å². The zero-order valence-corrected chi connectivity index (χ0v) is 7.35. The molecule has 7 heteroatoms. The van der Waals surface area contributed by atoms with Crippen LogP contribution in [0, 0.1) is 0 Å². The third-order valence-electron chi connectivity index (χ3n) is 1.46. The fraction of sp³-hybridized carbons (Fsp3) is 0.714. The molecule has 0 amide bonds. The van der Waals surface area contributed by atoms with Gasteiger partial charge in [-0.1, -0.05) is 0 Å². The van der Waals surface area contributed by atoms with Gasteiger partial charge in [-0.25, -0.2) is 9.18 Å². The van der Waals surface area contributed by atoms with Gasteiger partial charge >= 0.3 is 11.9 Å². The molecular formula is C7H12FNO5. The molecule has 0 rings (SSSR count). The number of carbonyl (C=O) groups is 2. The van der Waals surface area contributed by atoms with E-state index >= 15 is 0 Å². The summed E-state index contributed by atoms with van der Waals surface area (Å²) in [6.45, 7) is -1.21. The Morgan fingerprint density at radius 3 is 2.29 bits per heavy atom. The van der Waals surface area contributed by atoms with Crippen LogP contribution < -0.4 is 5.73 Å². The number of carboxylic acids is 2. The molecule has 1 unspecified atom stereocenters. The first kappa shape index (κ1) is 12.8. The highest BCUT2D eigenvalue weighted by molar-refractivity contribution is 5.76. The van der Waals surface area contributed by atoms with Crippen LogP contribution in [0.3, 0.4) is 0 Å². The first-order valence-electron chi connectivity index (χ1n) is 3.87. The molecule has 0 radical (unpaired) electrons. The number of carboxylic acid groups (broad SMARTS) is 2. The number of halogens is 1. The van der Waals surface area contributed by atoms with Gasteiger partial charge in [-0.05, 0) is 0 Å². The van der Waals surface area contributed by atoms with Gasteiger partial charge in [0, 0.05) is 6.42 Å². The van der Waals surface area contributed by atoms with Gasteiger partial charge in [0.05, 0.1) is 6.61 Å². The summed E-state index contributed by atoms with van der Waals surface area (Å²) in [5.41, 5.74) is 5.09. The van der Waals surface area contributed by atoms with Crippen molar-refractivity contribution in [2.75, 3.05) is 13.3 Å². The molecule has 14 heavy (non-hydrogen) atoms. The summed E-state index contributed by atoms with van der Waals surface area (Å²) in [6, 6.07) is -1.32. The molecule has 0 aliphatic rings. The topological polar surface area (TPSA) is 110 Å². The SMILES string of the molecule is N[C@@H](CC(OCC[18F])C(=O)O)C(=O)O. The second-order valence-corrected chi connectivity index (χ2v) is 2.57. The van der Waals surface area contributed by atoms with E-state index in [9.17, 15) is 14.0 Å². The minimum absolute atomic E-state index is 0.384. The highest BCUT2D eigenvalue weighted by Gasteiger charge is 2.24. The maximum atomic E-state index is 11.6. The predicted octanol–water partition coefficient (Wildman–Crippen LogP) is -0.772. The van der Waals surface area contributed by atoms with Crippen molar-refractivity contribution in [1.29, 1.82) is 0 Å². The Balaban J connectivity index is 4.08. The number of alkyl halides is 1. The van der Waals surface area contributed by atoms with E-state index in [4.69, 9.17) is 15.9 Å². The van der Waals surface area contributed by atoms with Crippen molar-refractivity contribution in [3.63, 3.8) is 0 Å². The highest BCUT2D eigenvalue weighted by atomic mass is 18.2. The fourth-order valence-electron chi connectivity index (χ4n) is 0.758. The molecule has 0 bridgehead atoms. The first-order chi connectivity index (χ1) is 6.49. The van der Waals surface area contributed by atoms with Crippen LogP contribution in [0.5, 0.6) is 0 Å². The van der Waals surface area contributed by atoms with E-state index in [-0.39, 0.29) is 13.0 Å². The zero-order valence-electron chi connectivity index (χ0n) is 7.35. The lowest BCUT2D eigenvalue weighted by Crippen LogP contribution is -2.38. The molecule has 0 fully saturated rings. The smallest absolute Gasteiger partial charge is 0.332 e. The first-order valence-corrected chi connectivity index (χ1v) is 3.87. The molecule has 0 heterocycles. The molecule has 0 saturated carbocycles. The van der Waals surface area contributed by atoms with E-state index in [1.165, 1.54) is 0 Å². The second kappa shape index (κ2) is 6.28. The Morgan fingerprint density at radius 2 is 1.93 bits per heavy atom. The van der Waals surface area contributed by atoms with E-state index in [0.29, 0.717) is 0 Å². The average molecular weight is 208 g/mol. The van der Waals surface area contributed by atoms with Crippen molar-refractivity contribution in [2.24, 2.45) is 5.73 Å². The van der Waals surface area contributed by atoms with Crippen LogP contribution in [0.4, 0.5) is 4.39 Å². The van der Waals surface area contributed by atoms with Crippen LogP contribution in [0.2, 0.25) is 0 Å². The second-order valence-electron chi connectivity index (χ2n) is 2.57. The fourth-order valence-corrected chi connectivity index (χ4v) is 0.758. The van der Waals surface area contributed by atoms with Gasteiger partial charge in [0.2, 0.25) is 0 Å². The Morgan fingerprint density at radius 1 is 1.36 bits per heavy atom. The number of rotatable bonds is 7. The van der Waals surface area contributed by atoms with Crippen molar-refractivity contribution in [2.45, 2.75) is 18.6 Å². The summed E-state index contributed by atoms with van der Waals surface area (Å²) >= 11 is 0. The summed E-state index contributed by atoms with van der Waals surface area (Å²) in [6.07, 6.45) is -1.76. The van der Waals surface area contributed by atoms with E-state index in [2.05, 4.69) is 4.74 Å². The van der Waals surface area contributed by atoms with Crippen LogP contribution in [-0.2, 0) is 14.3 Å². The average Bonchev–Trinajstić information content (AvgIpc) is 2.10. The zero-order chi connectivity index (χ0) is 11.1. The molecule has 0 spiro atoms. The summed E-state index contributed by atoms with van der Waals surface area (Å²) in [5, 5.41) is 16.9. The van der Waals surface area contributed by atoms with E-state index < -0.39 is 30.8 Å². The van der Waals surface area contributed by atoms with Crippen molar-refractivity contribution in [3.8, 4) is 0 Å². The summed E-state index contributed by atoms with van der Waals surface area (Å²) in [4.78, 5) is 20.8. The minimum Gasteiger partial charge on any atom is -0.480 e. The molecule has 6 nitrogen and oxygen atoms in total. The predicted molar refractivity (Wildman–Crippen MR) is 43.6 cm³/mol. The van der Waals surface area contributed by atoms with Gasteiger partial charge in [-0.2, -0.15) is 0 Å². The largest absolute Gasteiger partial charge is 0.480 e. The molecule has 0 aromatic heterocycles. The number of hydrogen-bond acceptors (Lipinski definition) is 4. The van der Waals surface area contributed by atoms with E-state index in [0.717, 1.165) is 0 Å². The molecule has 82 valence electrons. The third-order valence-corrected chi connectivity index (χ3v) is 1.46. The van der Waals surface area contributed by atoms with Crippen LogP contribution in [0.1, 0.15) is 6.42 Å². The van der Waals surface area contributed by atoms with Gasteiger partial charge in [0.1, 0.15) is 12.7 Å². The van der Waals surface area contributed by atoms with Crippen molar-refractivity contribution < 1.29 is 28.9 Å². The molecule has 0 saturated heterocycles. The third kappa shape index (κ3) is 4.73. The summed E-state index contributed by atoms with van der Waals surface area (Å²) in [5.74, 6) is -2.67. The minimum atomic E-state index is -1.38. The lowest BCUT2D eigenvalue weighted by Gasteiger charge is -2.14. The standard InChI is InChI=1S/C7H12FNO5/c8-1-2-14-5(7(12)13)3-4(9)6(10)11/h4-5H,1-3,9H2,(H,10,11)(H,12,13)/t4-,5?/m0/s1/i8-1.